The van der Waals surface area contributed by atoms with Gasteiger partial charge in [-0.2, -0.15) is 0 Å². The van der Waals surface area contributed by atoms with Crippen molar-refractivity contribution in [3.63, 3.8) is 0 Å². The molecular formula is C33H38Cl2N4O2. The third kappa shape index (κ3) is 7.49. The van der Waals surface area contributed by atoms with E-state index in [0.717, 1.165) is 56.0 Å². The van der Waals surface area contributed by atoms with Crippen LogP contribution in [0.5, 0.6) is 0 Å². The number of amides is 2. The smallest absolute Gasteiger partial charge is 0.254 e. The number of aryl methyl sites for hydroxylation is 2. The van der Waals surface area contributed by atoms with E-state index in [9.17, 15) is 9.59 Å². The summed E-state index contributed by atoms with van der Waals surface area (Å²) < 4.78 is 0. The van der Waals surface area contributed by atoms with Crippen molar-refractivity contribution in [1.82, 2.24) is 19.6 Å². The van der Waals surface area contributed by atoms with Gasteiger partial charge in [-0.15, -0.1) is 0 Å². The number of carbonyl (C=O) groups excluding carboxylic acids is 2. The fraction of sp³-hybridized carbons (Fsp3) is 0.394. The summed E-state index contributed by atoms with van der Waals surface area (Å²) in [6.07, 6.45) is 0.446. The molecule has 2 aliphatic rings. The molecule has 2 amide bonds. The Hall–Kier alpha value is -2.90. The van der Waals surface area contributed by atoms with Crippen LogP contribution in [-0.2, 0) is 11.3 Å². The Bertz CT molecular complexity index is 1350. The Morgan fingerprint density at radius 2 is 1.46 bits per heavy atom. The van der Waals surface area contributed by atoms with E-state index < -0.39 is 0 Å². The van der Waals surface area contributed by atoms with E-state index in [2.05, 4.69) is 40.1 Å². The molecule has 41 heavy (non-hydrogen) atoms. The molecule has 5 rings (SSSR count). The predicted molar refractivity (Wildman–Crippen MR) is 166 cm³/mol. The molecule has 2 aliphatic heterocycles. The molecule has 0 aliphatic carbocycles. The van der Waals surface area contributed by atoms with Gasteiger partial charge in [0.15, 0.2) is 0 Å². The van der Waals surface area contributed by atoms with Crippen molar-refractivity contribution in [2.75, 3.05) is 52.4 Å². The van der Waals surface area contributed by atoms with E-state index in [4.69, 9.17) is 23.2 Å². The van der Waals surface area contributed by atoms with Gasteiger partial charge in [0.1, 0.15) is 0 Å². The average molecular weight is 594 g/mol. The lowest BCUT2D eigenvalue weighted by atomic mass is 10.00. The summed E-state index contributed by atoms with van der Waals surface area (Å²) in [6.45, 7) is 11.0. The van der Waals surface area contributed by atoms with Gasteiger partial charge in [0.25, 0.3) is 5.91 Å². The van der Waals surface area contributed by atoms with Crippen molar-refractivity contribution in [2.24, 2.45) is 0 Å². The molecule has 2 fully saturated rings. The number of hydrogen-bond donors (Lipinski definition) is 0. The topological polar surface area (TPSA) is 47.1 Å². The predicted octanol–water partition coefficient (Wildman–Crippen LogP) is 5.84. The van der Waals surface area contributed by atoms with Gasteiger partial charge in [-0.1, -0.05) is 76.8 Å². The maximum absolute atomic E-state index is 13.6. The van der Waals surface area contributed by atoms with Gasteiger partial charge in [0.05, 0.1) is 16.1 Å². The quantitative estimate of drug-likeness (QED) is 0.345. The third-order valence-electron chi connectivity index (χ3n) is 8.14. The highest BCUT2D eigenvalue weighted by Crippen LogP contribution is 2.32. The minimum Gasteiger partial charge on any atom is -0.334 e. The normalized spacial score (nSPS) is 18.5. The zero-order valence-electron chi connectivity index (χ0n) is 23.9. The highest BCUT2D eigenvalue weighted by Gasteiger charge is 2.34. The molecule has 0 radical (unpaired) electrons. The van der Waals surface area contributed by atoms with Crippen LogP contribution >= 0.6 is 23.2 Å². The first-order valence-electron chi connectivity index (χ1n) is 14.4. The van der Waals surface area contributed by atoms with E-state index >= 15 is 0 Å². The molecule has 2 saturated heterocycles. The monoisotopic (exact) mass is 592 g/mol. The number of benzene rings is 3. The van der Waals surface area contributed by atoms with Gasteiger partial charge >= 0.3 is 0 Å². The molecule has 0 spiro atoms. The Morgan fingerprint density at radius 1 is 0.780 bits per heavy atom. The molecular weight excluding hydrogens is 555 g/mol. The summed E-state index contributed by atoms with van der Waals surface area (Å²) in [5, 5.41) is 0.918. The molecule has 1 unspecified atom stereocenters. The SMILES string of the molecule is Cc1cc(C)cc(C(=O)N2CCN(C(=O)CCN3CCN(Cc4ccccc4)CC3)C(c3ccc(Cl)c(Cl)c3)C2)c1. The van der Waals surface area contributed by atoms with E-state index in [1.165, 1.54) is 5.56 Å². The van der Waals surface area contributed by atoms with Crippen LogP contribution in [0.15, 0.2) is 66.7 Å². The first-order valence-corrected chi connectivity index (χ1v) is 15.1. The molecule has 0 aromatic heterocycles. The Morgan fingerprint density at radius 3 is 2.15 bits per heavy atom. The summed E-state index contributed by atoms with van der Waals surface area (Å²) in [5.41, 5.74) is 5.02. The second-order valence-electron chi connectivity index (χ2n) is 11.3. The van der Waals surface area contributed by atoms with Gasteiger partial charge in [-0.25, -0.2) is 0 Å². The minimum atomic E-state index is -0.288. The standard InChI is InChI=1S/C33H38Cl2N4O2/c1-24-18-25(2)20-28(19-24)33(41)38-16-17-39(31(23-38)27-8-9-29(34)30(35)21-27)32(40)10-11-36-12-14-37(15-13-36)22-26-6-4-3-5-7-26/h3-9,18-21,31H,10-17,22-23H2,1-2H3. The lowest BCUT2D eigenvalue weighted by molar-refractivity contribution is -0.136. The van der Waals surface area contributed by atoms with Crippen LogP contribution in [0.3, 0.4) is 0 Å². The minimum absolute atomic E-state index is 0.0117. The second-order valence-corrected chi connectivity index (χ2v) is 12.1. The molecule has 0 saturated carbocycles. The summed E-state index contributed by atoms with van der Waals surface area (Å²) >= 11 is 12.6. The highest BCUT2D eigenvalue weighted by atomic mass is 35.5. The van der Waals surface area contributed by atoms with E-state index in [-0.39, 0.29) is 17.9 Å². The molecule has 6 nitrogen and oxygen atoms in total. The van der Waals surface area contributed by atoms with Crippen LogP contribution < -0.4 is 0 Å². The Labute approximate surface area is 253 Å². The van der Waals surface area contributed by atoms with Crippen LogP contribution in [0.4, 0.5) is 0 Å². The van der Waals surface area contributed by atoms with Crippen molar-refractivity contribution in [3.05, 3.63) is 105 Å². The fourth-order valence-electron chi connectivity index (χ4n) is 5.96. The van der Waals surface area contributed by atoms with Crippen molar-refractivity contribution in [2.45, 2.75) is 32.9 Å². The number of rotatable bonds is 7. The molecule has 0 bridgehead atoms. The van der Waals surface area contributed by atoms with Crippen LogP contribution in [0, 0.1) is 13.8 Å². The summed E-state index contributed by atoms with van der Waals surface area (Å²) in [7, 11) is 0. The number of carbonyl (C=O) groups is 2. The fourth-order valence-corrected chi connectivity index (χ4v) is 6.27. The van der Waals surface area contributed by atoms with Crippen molar-refractivity contribution in [3.8, 4) is 0 Å². The van der Waals surface area contributed by atoms with Gasteiger partial charge in [0, 0.05) is 70.9 Å². The van der Waals surface area contributed by atoms with Crippen molar-refractivity contribution < 1.29 is 9.59 Å². The summed E-state index contributed by atoms with van der Waals surface area (Å²) in [5.74, 6) is 0.0913. The van der Waals surface area contributed by atoms with Crippen LogP contribution in [0.25, 0.3) is 0 Å². The highest BCUT2D eigenvalue weighted by molar-refractivity contribution is 6.42. The van der Waals surface area contributed by atoms with E-state index in [0.29, 0.717) is 41.7 Å². The molecule has 8 heteroatoms. The molecule has 3 aromatic rings. The van der Waals surface area contributed by atoms with Gasteiger partial charge in [-0.05, 0) is 49.2 Å². The zero-order chi connectivity index (χ0) is 28.9. The third-order valence-corrected chi connectivity index (χ3v) is 8.88. The molecule has 216 valence electrons. The maximum atomic E-state index is 13.6. The van der Waals surface area contributed by atoms with Crippen LogP contribution in [0.2, 0.25) is 10.0 Å². The number of hydrogen-bond acceptors (Lipinski definition) is 4. The van der Waals surface area contributed by atoms with Crippen LogP contribution in [-0.4, -0.2) is 83.8 Å². The largest absolute Gasteiger partial charge is 0.334 e. The lowest BCUT2D eigenvalue weighted by Gasteiger charge is -2.42. The molecule has 2 heterocycles. The second kappa shape index (κ2) is 13.4. The molecule has 3 aromatic carbocycles. The van der Waals surface area contributed by atoms with Gasteiger partial charge in [0.2, 0.25) is 5.91 Å². The summed E-state index contributed by atoms with van der Waals surface area (Å²) in [6, 6.07) is 21.7. The maximum Gasteiger partial charge on any atom is 0.254 e. The van der Waals surface area contributed by atoms with Gasteiger partial charge < -0.3 is 14.7 Å². The lowest BCUT2D eigenvalue weighted by Crippen LogP contribution is -2.53. The van der Waals surface area contributed by atoms with E-state index in [1.807, 2.05) is 54.0 Å². The molecule has 1 atom stereocenters. The Kier molecular flexibility index (Phi) is 9.66. The zero-order valence-corrected chi connectivity index (χ0v) is 25.4. The van der Waals surface area contributed by atoms with E-state index in [1.54, 1.807) is 6.07 Å². The van der Waals surface area contributed by atoms with Crippen molar-refractivity contribution >= 4 is 35.0 Å². The number of halogens is 2. The molecule has 0 N–H and O–H groups in total. The number of nitrogens with zero attached hydrogens (tertiary/aromatic N) is 4. The van der Waals surface area contributed by atoms with Crippen molar-refractivity contribution in [1.29, 1.82) is 0 Å². The summed E-state index contributed by atoms with van der Waals surface area (Å²) in [4.78, 5) is 35.8. The first-order chi connectivity index (χ1) is 19.8. The van der Waals surface area contributed by atoms with Crippen LogP contribution in [0.1, 0.15) is 45.1 Å². The van der Waals surface area contributed by atoms with Gasteiger partial charge in [-0.3, -0.25) is 14.5 Å². The average Bonchev–Trinajstić information content (AvgIpc) is 2.97. The Balaban J connectivity index is 1.23. The first kappa shape index (κ1) is 29.6. The number of piperazine rings is 2.